The van der Waals surface area contributed by atoms with Gasteiger partial charge in [-0.05, 0) is 49.4 Å². The van der Waals surface area contributed by atoms with E-state index in [1.54, 1.807) is 11.8 Å². The summed E-state index contributed by atoms with van der Waals surface area (Å²) < 4.78 is 0. The molecule has 4 nitrogen and oxygen atoms in total. The number of carbonyl (C=O) groups is 2. The summed E-state index contributed by atoms with van der Waals surface area (Å²) in [7, 11) is 0. The van der Waals surface area contributed by atoms with Gasteiger partial charge in [0.15, 0.2) is 0 Å². The minimum absolute atomic E-state index is 0.0738. The van der Waals surface area contributed by atoms with Gasteiger partial charge in [-0.15, -0.1) is 0 Å². The van der Waals surface area contributed by atoms with Crippen molar-refractivity contribution in [3.8, 4) is 0 Å². The van der Waals surface area contributed by atoms with Crippen molar-refractivity contribution in [1.29, 1.82) is 0 Å². The minimum atomic E-state index is -0.870. The molecule has 0 saturated carbocycles. The lowest BCUT2D eigenvalue weighted by Crippen LogP contribution is -2.36. The molecule has 1 atom stereocenters. The third-order valence-electron chi connectivity index (χ3n) is 3.93. The summed E-state index contributed by atoms with van der Waals surface area (Å²) in [5.74, 6) is -1.49. The first-order chi connectivity index (χ1) is 9.52. The Morgan fingerprint density at radius 3 is 2.65 bits per heavy atom. The molecule has 0 heterocycles. The number of nitrogens with zero attached hydrogens (tertiary/aromatic N) is 1. The first-order valence-electron chi connectivity index (χ1n) is 7.16. The number of carboxylic acids is 1. The first kappa shape index (κ1) is 14.6. The summed E-state index contributed by atoms with van der Waals surface area (Å²) >= 11 is 0. The number of hydrogen-bond acceptors (Lipinski definition) is 2. The fraction of sp³-hybridized carbons (Fsp3) is 0.500. The number of benzene rings is 1. The number of carbonyl (C=O) groups excluding carboxylic acids is 1. The van der Waals surface area contributed by atoms with Gasteiger partial charge in [-0.2, -0.15) is 0 Å². The number of rotatable bonds is 5. The zero-order valence-electron chi connectivity index (χ0n) is 12.1. The Morgan fingerprint density at radius 2 is 2.00 bits per heavy atom. The molecule has 0 aromatic heterocycles. The number of fused-ring (bicyclic) bond motifs is 1. The molecule has 4 heteroatoms. The van der Waals surface area contributed by atoms with Gasteiger partial charge >= 0.3 is 5.97 Å². The third-order valence-corrected chi connectivity index (χ3v) is 3.93. The van der Waals surface area contributed by atoms with Crippen LogP contribution in [-0.2, 0) is 17.6 Å². The lowest BCUT2D eigenvalue weighted by molar-refractivity contribution is -0.141. The fourth-order valence-corrected chi connectivity index (χ4v) is 2.65. The third kappa shape index (κ3) is 3.00. The van der Waals surface area contributed by atoms with Gasteiger partial charge in [-0.3, -0.25) is 9.59 Å². The van der Waals surface area contributed by atoms with Crippen molar-refractivity contribution in [2.75, 3.05) is 13.1 Å². The molecule has 2 rings (SSSR count). The molecule has 0 bridgehead atoms. The van der Waals surface area contributed by atoms with Crippen molar-refractivity contribution in [2.45, 2.75) is 33.1 Å². The van der Waals surface area contributed by atoms with Crippen LogP contribution in [0.1, 0.15) is 41.8 Å². The average Bonchev–Trinajstić information content (AvgIpc) is 2.90. The van der Waals surface area contributed by atoms with Crippen LogP contribution in [0.15, 0.2) is 18.2 Å². The van der Waals surface area contributed by atoms with Crippen molar-refractivity contribution < 1.29 is 14.7 Å². The molecule has 1 N–H and O–H groups in total. The highest BCUT2D eigenvalue weighted by molar-refractivity contribution is 5.94. The van der Waals surface area contributed by atoms with Crippen molar-refractivity contribution in [2.24, 2.45) is 5.92 Å². The molecule has 0 aliphatic heterocycles. The number of hydrogen-bond donors (Lipinski definition) is 1. The van der Waals surface area contributed by atoms with Crippen LogP contribution in [0.3, 0.4) is 0 Å². The predicted molar refractivity (Wildman–Crippen MR) is 76.8 cm³/mol. The molecule has 1 aliphatic carbocycles. The van der Waals surface area contributed by atoms with Gasteiger partial charge in [-0.25, -0.2) is 0 Å². The molecule has 20 heavy (non-hydrogen) atoms. The van der Waals surface area contributed by atoms with Crippen molar-refractivity contribution in [3.63, 3.8) is 0 Å². The molecular weight excluding hydrogens is 254 g/mol. The second-order valence-electron chi connectivity index (χ2n) is 5.42. The molecule has 0 saturated heterocycles. The highest BCUT2D eigenvalue weighted by atomic mass is 16.4. The molecule has 0 radical (unpaired) electrons. The first-order valence-corrected chi connectivity index (χ1v) is 7.16. The molecule has 0 spiro atoms. The molecule has 1 unspecified atom stereocenters. The molecule has 1 amide bonds. The van der Waals surface area contributed by atoms with Gasteiger partial charge < -0.3 is 10.0 Å². The topological polar surface area (TPSA) is 57.6 Å². The molecule has 1 aromatic rings. The Kier molecular flexibility index (Phi) is 4.42. The van der Waals surface area contributed by atoms with E-state index in [1.807, 2.05) is 25.1 Å². The summed E-state index contributed by atoms with van der Waals surface area (Å²) in [6, 6.07) is 5.86. The van der Waals surface area contributed by atoms with E-state index in [0.717, 1.165) is 19.3 Å². The van der Waals surface area contributed by atoms with Crippen LogP contribution in [0.4, 0.5) is 0 Å². The second-order valence-corrected chi connectivity index (χ2v) is 5.42. The van der Waals surface area contributed by atoms with Crippen LogP contribution in [0.2, 0.25) is 0 Å². The van der Waals surface area contributed by atoms with E-state index in [4.69, 9.17) is 5.11 Å². The SMILES string of the molecule is CCN(CC(C)C(=O)O)C(=O)c1ccc2c(c1)CCC2. The zero-order chi connectivity index (χ0) is 14.7. The predicted octanol–water partition coefficient (Wildman–Crippen LogP) is 2.36. The van der Waals surface area contributed by atoms with E-state index in [1.165, 1.54) is 11.1 Å². The van der Waals surface area contributed by atoms with Crippen LogP contribution < -0.4 is 0 Å². The van der Waals surface area contributed by atoms with Crippen LogP contribution in [-0.4, -0.2) is 35.0 Å². The van der Waals surface area contributed by atoms with Crippen molar-refractivity contribution in [1.82, 2.24) is 4.90 Å². The summed E-state index contributed by atoms with van der Waals surface area (Å²) in [5, 5.41) is 8.97. The molecule has 108 valence electrons. The highest BCUT2D eigenvalue weighted by Gasteiger charge is 2.21. The van der Waals surface area contributed by atoms with Crippen LogP contribution in [0.5, 0.6) is 0 Å². The molecule has 0 fully saturated rings. The average molecular weight is 275 g/mol. The van der Waals surface area contributed by atoms with Gasteiger partial charge in [0.25, 0.3) is 5.91 Å². The Bertz CT molecular complexity index is 524. The number of carboxylic acid groups (broad SMARTS) is 1. The smallest absolute Gasteiger partial charge is 0.308 e. The van der Waals surface area contributed by atoms with Gasteiger partial charge in [0.2, 0.25) is 0 Å². The number of aryl methyl sites for hydroxylation is 2. The Morgan fingerprint density at radius 1 is 1.30 bits per heavy atom. The Labute approximate surface area is 119 Å². The maximum absolute atomic E-state index is 12.5. The number of aliphatic carboxylic acids is 1. The van der Waals surface area contributed by atoms with Gasteiger partial charge in [0, 0.05) is 18.7 Å². The highest BCUT2D eigenvalue weighted by Crippen LogP contribution is 2.23. The van der Waals surface area contributed by atoms with Gasteiger partial charge in [-0.1, -0.05) is 13.0 Å². The monoisotopic (exact) mass is 275 g/mol. The summed E-state index contributed by atoms with van der Waals surface area (Å²) in [5.41, 5.74) is 3.27. The fourth-order valence-electron chi connectivity index (χ4n) is 2.65. The number of amides is 1. The van der Waals surface area contributed by atoms with Gasteiger partial charge in [0.1, 0.15) is 0 Å². The minimum Gasteiger partial charge on any atom is -0.481 e. The van der Waals surface area contributed by atoms with E-state index >= 15 is 0 Å². The lowest BCUT2D eigenvalue weighted by atomic mass is 10.0. The quantitative estimate of drug-likeness (QED) is 0.897. The van der Waals surface area contributed by atoms with E-state index < -0.39 is 11.9 Å². The van der Waals surface area contributed by atoms with Crippen molar-refractivity contribution >= 4 is 11.9 Å². The molecular formula is C16H21NO3. The maximum Gasteiger partial charge on any atom is 0.308 e. The lowest BCUT2D eigenvalue weighted by Gasteiger charge is -2.23. The second kappa shape index (κ2) is 6.07. The van der Waals surface area contributed by atoms with E-state index in [0.29, 0.717) is 12.1 Å². The van der Waals surface area contributed by atoms with Crippen LogP contribution in [0, 0.1) is 5.92 Å². The normalized spacial score (nSPS) is 14.7. The summed E-state index contributed by atoms with van der Waals surface area (Å²) in [6.07, 6.45) is 3.28. The molecule has 1 aromatic carbocycles. The Hall–Kier alpha value is -1.84. The van der Waals surface area contributed by atoms with E-state index in [2.05, 4.69) is 0 Å². The van der Waals surface area contributed by atoms with Gasteiger partial charge in [0.05, 0.1) is 5.92 Å². The zero-order valence-corrected chi connectivity index (χ0v) is 12.1. The van der Waals surface area contributed by atoms with E-state index in [9.17, 15) is 9.59 Å². The van der Waals surface area contributed by atoms with Crippen LogP contribution >= 0.6 is 0 Å². The summed E-state index contributed by atoms with van der Waals surface area (Å²) in [4.78, 5) is 25.0. The maximum atomic E-state index is 12.5. The standard InChI is InChI=1S/C16H21NO3/c1-3-17(10-11(2)16(19)20)15(18)14-8-7-12-5-4-6-13(12)9-14/h7-9,11H,3-6,10H2,1-2H3,(H,19,20). The Balaban J connectivity index is 2.14. The van der Waals surface area contributed by atoms with Crippen LogP contribution in [0.25, 0.3) is 0 Å². The summed E-state index contributed by atoms with van der Waals surface area (Å²) in [6.45, 7) is 4.27. The molecule has 1 aliphatic rings. The largest absolute Gasteiger partial charge is 0.481 e. The van der Waals surface area contributed by atoms with Crippen molar-refractivity contribution in [3.05, 3.63) is 34.9 Å². The van der Waals surface area contributed by atoms with E-state index in [-0.39, 0.29) is 12.5 Å².